The van der Waals surface area contributed by atoms with Gasteiger partial charge in [-0.15, -0.1) is 0 Å². The van der Waals surface area contributed by atoms with Crippen LogP contribution in [0.2, 0.25) is 0 Å². The third-order valence-electron chi connectivity index (χ3n) is 4.55. The number of aliphatic carboxylic acids is 1. The van der Waals surface area contributed by atoms with Gasteiger partial charge in [0.1, 0.15) is 11.6 Å². The van der Waals surface area contributed by atoms with Crippen molar-refractivity contribution >= 4 is 11.9 Å². The molecule has 6 heteroatoms. The predicted molar refractivity (Wildman–Crippen MR) is 74.1 cm³/mol. The van der Waals surface area contributed by atoms with Crippen molar-refractivity contribution in [2.75, 3.05) is 13.1 Å². The molecule has 0 radical (unpaired) electrons. The maximum Gasteiger partial charge on any atom is 0.308 e. The number of likely N-dealkylation sites (tertiary alicyclic amines) is 1. The first-order valence-corrected chi connectivity index (χ1v) is 7.44. The minimum absolute atomic E-state index is 0.111. The van der Waals surface area contributed by atoms with Crippen molar-refractivity contribution < 1.29 is 23.5 Å². The molecule has 1 aromatic rings. The summed E-state index contributed by atoms with van der Waals surface area (Å²) in [5.41, 5.74) is 0.367. The van der Waals surface area contributed by atoms with Crippen LogP contribution >= 0.6 is 0 Å². The topological polar surface area (TPSA) is 57.6 Å². The van der Waals surface area contributed by atoms with E-state index in [1.165, 1.54) is 12.1 Å². The molecule has 2 unspecified atom stereocenters. The van der Waals surface area contributed by atoms with Gasteiger partial charge in [0.15, 0.2) is 0 Å². The molecule has 2 aliphatic rings. The van der Waals surface area contributed by atoms with Gasteiger partial charge in [-0.2, -0.15) is 0 Å². The van der Waals surface area contributed by atoms with Crippen LogP contribution in [0.25, 0.3) is 0 Å². The van der Waals surface area contributed by atoms with Crippen LogP contribution < -0.4 is 0 Å². The summed E-state index contributed by atoms with van der Waals surface area (Å²) in [5, 5.41) is 9.06. The minimum Gasteiger partial charge on any atom is -0.481 e. The smallest absolute Gasteiger partial charge is 0.308 e. The number of amides is 1. The molecule has 3 atom stereocenters. The van der Waals surface area contributed by atoms with E-state index in [1.54, 1.807) is 4.90 Å². The number of piperidine rings is 1. The average Bonchev–Trinajstić information content (AvgIpc) is 3.27. The Morgan fingerprint density at radius 2 is 2.05 bits per heavy atom. The molecular formula is C16H17F2NO3. The van der Waals surface area contributed by atoms with E-state index in [0.717, 1.165) is 6.07 Å². The van der Waals surface area contributed by atoms with E-state index in [9.17, 15) is 18.4 Å². The van der Waals surface area contributed by atoms with Crippen LogP contribution in [0.3, 0.4) is 0 Å². The zero-order chi connectivity index (χ0) is 15.9. The van der Waals surface area contributed by atoms with Crippen LogP contribution in [0.15, 0.2) is 18.2 Å². The third-order valence-corrected chi connectivity index (χ3v) is 4.55. The molecule has 22 heavy (non-hydrogen) atoms. The van der Waals surface area contributed by atoms with Crippen molar-refractivity contribution in [1.82, 2.24) is 4.90 Å². The van der Waals surface area contributed by atoms with Gasteiger partial charge in [0, 0.05) is 25.1 Å². The molecule has 1 amide bonds. The number of rotatable bonds is 3. The van der Waals surface area contributed by atoms with Crippen molar-refractivity contribution in [3.63, 3.8) is 0 Å². The summed E-state index contributed by atoms with van der Waals surface area (Å²) in [6.45, 7) is 0.779. The highest BCUT2D eigenvalue weighted by atomic mass is 19.1. The highest BCUT2D eigenvalue weighted by Crippen LogP contribution is 2.49. The molecule has 2 fully saturated rings. The van der Waals surface area contributed by atoms with E-state index in [1.807, 2.05) is 0 Å². The number of carbonyl (C=O) groups is 2. The van der Waals surface area contributed by atoms with Gasteiger partial charge in [0.25, 0.3) is 0 Å². The average molecular weight is 309 g/mol. The molecule has 1 aliphatic carbocycles. The predicted octanol–water partition coefficient (Wildman–Crippen LogP) is 2.39. The number of carboxylic acid groups (broad SMARTS) is 1. The summed E-state index contributed by atoms with van der Waals surface area (Å²) in [4.78, 5) is 25.1. The van der Waals surface area contributed by atoms with E-state index in [2.05, 4.69) is 0 Å². The van der Waals surface area contributed by atoms with Crippen LogP contribution in [0.1, 0.15) is 30.7 Å². The van der Waals surface area contributed by atoms with Gasteiger partial charge in [-0.3, -0.25) is 9.59 Å². The van der Waals surface area contributed by atoms with Crippen LogP contribution in [0, 0.1) is 23.5 Å². The lowest BCUT2D eigenvalue weighted by atomic mass is 9.97. The standard InChI is InChI=1S/C16H17F2NO3/c17-10-3-4-11(14(18)6-10)12-7-13(12)15(20)19-5-1-2-9(8-19)16(21)22/h3-4,6,9,12-13H,1-2,5,7-8H2,(H,21,22)/t9-,12?,13?/m0/s1. The van der Waals surface area contributed by atoms with E-state index >= 15 is 0 Å². The molecule has 1 saturated heterocycles. The van der Waals surface area contributed by atoms with E-state index in [-0.39, 0.29) is 24.3 Å². The molecule has 0 aromatic heterocycles. The van der Waals surface area contributed by atoms with Crippen molar-refractivity contribution in [2.24, 2.45) is 11.8 Å². The fourth-order valence-corrected chi connectivity index (χ4v) is 3.23. The van der Waals surface area contributed by atoms with E-state index in [4.69, 9.17) is 5.11 Å². The summed E-state index contributed by atoms with van der Waals surface area (Å²) in [6.07, 6.45) is 1.79. The second kappa shape index (κ2) is 5.66. The van der Waals surface area contributed by atoms with Gasteiger partial charge >= 0.3 is 5.97 Å². The number of hydrogen-bond donors (Lipinski definition) is 1. The Kier molecular flexibility index (Phi) is 3.85. The second-order valence-corrected chi connectivity index (χ2v) is 6.08. The zero-order valence-corrected chi connectivity index (χ0v) is 12.0. The Bertz CT molecular complexity index is 619. The van der Waals surface area contributed by atoms with Gasteiger partial charge in [-0.1, -0.05) is 6.07 Å². The molecular weight excluding hydrogens is 292 g/mol. The normalized spacial score (nSPS) is 27.5. The summed E-state index contributed by atoms with van der Waals surface area (Å²) in [6, 6.07) is 3.41. The fraction of sp³-hybridized carbons (Fsp3) is 0.500. The Balaban J connectivity index is 1.66. The molecule has 3 rings (SSSR count). The monoisotopic (exact) mass is 309 g/mol. The lowest BCUT2D eigenvalue weighted by Crippen LogP contribution is -2.43. The minimum atomic E-state index is -0.880. The maximum absolute atomic E-state index is 13.7. The van der Waals surface area contributed by atoms with Crippen molar-refractivity contribution in [2.45, 2.75) is 25.2 Å². The van der Waals surface area contributed by atoms with Gasteiger partial charge in [-0.05, 0) is 36.8 Å². The van der Waals surface area contributed by atoms with Crippen LogP contribution in [0.4, 0.5) is 8.78 Å². The molecule has 1 aliphatic heterocycles. The summed E-state index contributed by atoms with van der Waals surface area (Å²) >= 11 is 0. The van der Waals surface area contributed by atoms with Crippen molar-refractivity contribution in [3.8, 4) is 0 Å². The van der Waals surface area contributed by atoms with Crippen molar-refractivity contribution in [3.05, 3.63) is 35.4 Å². The van der Waals surface area contributed by atoms with Gasteiger partial charge in [-0.25, -0.2) is 8.78 Å². The number of hydrogen-bond acceptors (Lipinski definition) is 2. The summed E-state index contributed by atoms with van der Waals surface area (Å²) in [5.74, 6) is -3.30. The van der Waals surface area contributed by atoms with Crippen LogP contribution in [0.5, 0.6) is 0 Å². The number of nitrogens with zero attached hydrogens (tertiary/aromatic N) is 1. The SMILES string of the molecule is O=C(O)[C@H]1CCCN(C(=O)C2CC2c2ccc(F)cc2F)C1. The number of halogens is 2. The van der Waals surface area contributed by atoms with Gasteiger partial charge < -0.3 is 10.0 Å². The largest absolute Gasteiger partial charge is 0.481 e. The van der Waals surface area contributed by atoms with Crippen LogP contribution in [-0.2, 0) is 9.59 Å². The molecule has 4 nitrogen and oxygen atoms in total. The Morgan fingerprint density at radius 1 is 1.27 bits per heavy atom. The quantitative estimate of drug-likeness (QED) is 0.932. The lowest BCUT2D eigenvalue weighted by Gasteiger charge is -2.31. The zero-order valence-electron chi connectivity index (χ0n) is 12.0. The molecule has 0 spiro atoms. The molecule has 1 heterocycles. The molecule has 118 valence electrons. The molecule has 1 N–H and O–H groups in total. The first kappa shape index (κ1) is 14.9. The Labute approximate surface area is 126 Å². The van der Waals surface area contributed by atoms with E-state index in [0.29, 0.717) is 31.4 Å². The Morgan fingerprint density at radius 3 is 2.73 bits per heavy atom. The molecule has 1 saturated carbocycles. The Hall–Kier alpha value is -1.98. The van der Waals surface area contributed by atoms with Crippen molar-refractivity contribution in [1.29, 1.82) is 0 Å². The molecule has 1 aromatic carbocycles. The first-order chi connectivity index (χ1) is 10.5. The maximum atomic E-state index is 13.7. The van der Waals surface area contributed by atoms with Crippen LogP contribution in [-0.4, -0.2) is 35.0 Å². The lowest BCUT2D eigenvalue weighted by molar-refractivity contribution is -0.146. The summed E-state index contributed by atoms with van der Waals surface area (Å²) < 4.78 is 26.7. The van der Waals surface area contributed by atoms with Gasteiger partial charge in [0.2, 0.25) is 5.91 Å². The fourth-order valence-electron chi connectivity index (χ4n) is 3.23. The summed E-state index contributed by atoms with van der Waals surface area (Å²) in [7, 11) is 0. The number of benzene rings is 1. The number of carboxylic acids is 1. The third kappa shape index (κ3) is 2.82. The second-order valence-electron chi connectivity index (χ2n) is 6.08. The first-order valence-electron chi connectivity index (χ1n) is 7.44. The van der Waals surface area contributed by atoms with E-state index < -0.39 is 23.5 Å². The molecule has 0 bridgehead atoms. The number of carbonyl (C=O) groups excluding carboxylic acids is 1. The van der Waals surface area contributed by atoms with Gasteiger partial charge in [0.05, 0.1) is 5.92 Å². The highest BCUT2D eigenvalue weighted by Gasteiger charge is 2.47. The highest BCUT2D eigenvalue weighted by molar-refractivity contribution is 5.84.